The second kappa shape index (κ2) is 15.7. The van der Waals surface area contributed by atoms with E-state index in [1.807, 2.05) is 18.8 Å². The molecule has 26 heavy (non-hydrogen) atoms. The van der Waals surface area contributed by atoms with Crippen LogP contribution in [0.4, 0.5) is 4.79 Å². The van der Waals surface area contributed by atoms with Gasteiger partial charge in [-0.15, -0.1) is 0 Å². The van der Waals surface area contributed by atoms with Gasteiger partial charge in [0.25, 0.3) is 0 Å². The molecule has 0 saturated carbocycles. The van der Waals surface area contributed by atoms with Gasteiger partial charge in [-0.25, -0.2) is 4.79 Å². The standard InChI is InChI=1S/C10H16N2O2S.C7H16N2O.Na/c13-5-3-1-2-4-8-9-7(6-15-8)11-10(14)12-9;1-9-6-4-2-3-5-7(8)10;/h5,7-9H,1-4,6H2,(H2,11,12,14);9H,2-6H2,1H3,(H2,8,10);/q;;+1/p-1/t7-,8?,9-;;/m0../s1. The van der Waals surface area contributed by atoms with Crippen molar-refractivity contribution in [1.82, 2.24) is 16.0 Å². The van der Waals surface area contributed by atoms with Gasteiger partial charge in [0, 0.05) is 23.3 Å². The molecule has 2 aliphatic rings. The summed E-state index contributed by atoms with van der Waals surface area (Å²) in [6.45, 7) is 1.01. The minimum atomic E-state index is -0.440. The molecule has 2 fully saturated rings. The molecule has 2 rings (SSSR count). The van der Waals surface area contributed by atoms with Crippen LogP contribution >= 0.6 is 11.8 Å². The van der Waals surface area contributed by atoms with Crippen molar-refractivity contribution >= 4 is 30.0 Å². The molecule has 0 radical (unpaired) electrons. The van der Waals surface area contributed by atoms with Crippen LogP contribution in [0, 0.1) is 0 Å². The molecule has 3 amide bonds. The molecular formula is C17H31N4NaO3S. The average molecular weight is 395 g/mol. The number of unbranched alkanes of at least 4 members (excludes halogenated alkanes) is 4. The summed E-state index contributed by atoms with van der Waals surface area (Å²) in [5.41, 5.74) is 6.60. The van der Waals surface area contributed by atoms with Gasteiger partial charge in [-0.3, -0.25) is 0 Å². The molecule has 4 N–H and O–H groups in total. The minimum Gasteiger partial charge on any atom is -0.668 e. The molecule has 1 unspecified atom stereocenters. The van der Waals surface area contributed by atoms with E-state index >= 15 is 0 Å². The number of rotatable bonds is 11. The maximum Gasteiger partial charge on any atom is 1.00 e. The number of carbonyl (C=O) groups is 3. The molecule has 144 valence electrons. The molecule has 3 atom stereocenters. The molecule has 0 aromatic carbocycles. The monoisotopic (exact) mass is 394 g/mol. The molecule has 7 nitrogen and oxygen atoms in total. The zero-order valence-electron chi connectivity index (χ0n) is 16.0. The van der Waals surface area contributed by atoms with E-state index < -0.39 is 5.91 Å². The van der Waals surface area contributed by atoms with Crippen molar-refractivity contribution in [3.05, 3.63) is 5.73 Å². The van der Waals surface area contributed by atoms with Gasteiger partial charge >= 0.3 is 35.6 Å². The third-order valence-corrected chi connectivity index (χ3v) is 5.84. The number of fused-ring (bicyclic) bond motifs is 1. The van der Waals surface area contributed by atoms with Crippen LogP contribution in [0.3, 0.4) is 0 Å². The van der Waals surface area contributed by atoms with Crippen LogP contribution in [0.2, 0.25) is 0 Å². The fourth-order valence-corrected chi connectivity index (χ4v) is 4.52. The van der Waals surface area contributed by atoms with Crippen molar-refractivity contribution in [1.29, 1.82) is 0 Å². The van der Waals surface area contributed by atoms with Gasteiger partial charge in [0.05, 0.1) is 12.1 Å². The summed E-state index contributed by atoms with van der Waals surface area (Å²) in [6, 6.07) is 0.598. The van der Waals surface area contributed by atoms with Crippen LogP contribution in [0.25, 0.3) is 5.73 Å². The Labute approximate surface area is 183 Å². The minimum absolute atomic E-state index is 0. The van der Waals surface area contributed by atoms with Crippen LogP contribution in [-0.2, 0) is 9.59 Å². The summed E-state index contributed by atoms with van der Waals surface area (Å²) in [5, 5.41) is 9.44. The van der Waals surface area contributed by atoms with Gasteiger partial charge in [0.2, 0.25) is 0 Å². The fraction of sp³-hybridized carbons (Fsp3) is 0.824. The summed E-state index contributed by atoms with van der Waals surface area (Å²) < 4.78 is 0. The summed E-state index contributed by atoms with van der Waals surface area (Å²) in [6.07, 6.45) is 8.22. The Morgan fingerprint density at radius 2 is 2.04 bits per heavy atom. The van der Waals surface area contributed by atoms with Crippen LogP contribution in [0.15, 0.2) is 0 Å². The third-order valence-electron chi connectivity index (χ3n) is 4.33. The summed E-state index contributed by atoms with van der Waals surface area (Å²) in [4.78, 5) is 31.4. The second-order valence-corrected chi connectivity index (χ2v) is 7.68. The van der Waals surface area contributed by atoms with Crippen LogP contribution in [-0.4, -0.2) is 54.9 Å². The number of hydrogen-bond donors (Lipinski definition) is 3. The zero-order valence-corrected chi connectivity index (χ0v) is 18.8. The molecule has 0 aliphatic carbocycles. The topological polar surface area (TPSA) is 111 Å². The Bertz CT molecular complexity index is 429. The summed E-state index contributed by atoms with van der Waals surface area (Å²) in [5.74, 6) is 0.575. The molecule has 0 bridgehead atoms. The van der Waals surface area contributed by atoms with Gasteiger partial charge in [-0.2, -0.15) is 11.8 Å². The molecule has 0 aromatic rings. The predicted octanol–water partition coefficient (Wildman–Crippen LogP) is -0.740. The Balaban J connectivity index is 0.000000504. The Hall–Kier alpha value is -0.280. The number of amides is 3. The van der Waals surface area contributed by atoms with Crippen LogP contribution in [0.1, 0.15) is 51.4 Å². The number of carbonyl (C=O) groups excluding carboxylic acids is 3. The Morgan fingerprint density at radius 1 is 1.27 bits per heavy atom. The Kier molecular flexibility index (Phi) is 15.6. The van der Waals surface area contributed by atoms with E-state index in [9.17, 15) is 14.4 Å². The number of thioether (sulfide) groups is 1. The quantitative estimate of drug-likeness (QED) is 0.185. The first-order chi connectivity index (χ1) is 12.1. The molecule has 2 saturated heterocycles. The number of aldehydes is 1. The van der Waals surface area contributed by atoms with Crippen molar-refractivity contribution in [2.24, 2.45) is 0 Å². The van der Waals surface area contributed by atoms with Crippen molar-refractivity contribution in [2.45, 2.75) is 68.7 Å². The molecular weight excluding hydrogens is 363 g/mol. The molecule has 0 aromatic heterocycles. The fourth-order valence-electron chi connectivity index (χ4n) is 2.98. The van der Waals surface area contributed by atoms with Gasteiger partial charge < -0.3 is 31.3 Å². The van der Waals surface area contributed by atoms with Gasteiger partial charge in [0.1, 0.15) is 6.29 Å². The van der Waals surface area contributed by atoms with E-state index in [0.29, 0.717) is 30.2 Å². The van der Waals surface area contributed by atoms with Crippen molar-refractivity contribution in [3.8, 4) is 0 Å². The molecule has 0 spiro atoms. The maximum absolute atomic E-state index is 11.1. The van der Waals surface area contributed by atoms with Crippen molar-refractivity contribution in [3.63, 3.8) is 0 Å². The first-order valence-corrected chi connectivity index (χ1v) is 10.1. The van der Waals surface area contributed by atoms with E-state index in [1.54, 1.807) is 0 Å². The number of nitrogens with one attached hydrogen (secondary N) is 4. The Morgan fingerprint density at radius 3 is 2.69 bits per heavy atom. The van der Waals surface area contributed by atoms with E-state index in [4.69, 9.17) is 5.73 Å². The van der Waals surface area contributed by atoms with Gasteiger partial charge in [0.15, 0.2) is 0 Å². The average Bonchev–Trinajstić information content (AvgIpc) is 3.11. The first kappa shape index (κ1) is 25.7. The SMILES string of the molecule is CNCCCCCC([NH-])=O.O=CCCCCC1SC[C@@H]2NC(=O)N[C@H]12.[Na+]. The van der Waals surface area contributed by atoms with Crippen LogP contribution in [0.5, 0.6) is 0 Å². The second-order valence-electron chi connectivity index (χ2n) is 6.41. The summed E-state index contributed by atoms with van der Waals surface area (Å²) in [7, 11) is 1.91. The third kappa shape index (κ3) is 10.8. The first-order valence-electron chi connectivity index (χ1n) is 9.09. The number of hydrogen-bond acceptors (Lipinski definition) is 5. The van der Waals surface area contributed by atoms with Crippen LogP contribution < -0.4 is 45.5 Å². The van der Waals surface area contributed by atoms with Gasteiger partial charge in [-0.1, -0.05) is 12.8 Å². The normalized spacial score (nSPS) is 23.0. The number of urea groups is 1. The van der Waals surface area contributed by atoms with E-state index in [1.165, 1.54) is 0 Å². The molecule has 9 heteroatoms. The largest absolute Gasteiger partial charge is 1.00 e. The maximum atomic E-state index is 11.1. The predicted molar refractivity (Wildman–Crippen MR) is 102 cm³/mol. The van der Waals surface area contributed by atoms with Crippen molar-refractivity contribution in [2.75, 3.05) is 19.3 Å². The summed E-state index contributed by atoms with van der Waals surface area (Å²) >= 11 is 1.93. The molecule has 2 aliphatic heterocycles. The smallest absolute Gasteiger partial charge is 0.668 e. The van der Waals surface area contributed by atoms with E-state index in [2.05, 4.69) is 16.0 Å². The van der Waals surface area contributed by atoms with Crippen molar-refractivity contribution < 1.29 is 43.9 Å². The zero-order chi connectivity index (χ0) is 18.5. The molecule has 2 heterocycles. The van der Waals surface area contributed by atoms with Gasteiger partial charge in [-0.05, 0) is 45.7 Å². The van der Waals surface area contributed by atoms with E-state index in [0.717, 1.165) is 57.1 Å². The van der Waals surface area contributed by atoms with E-state index in [-0.39, 0.29) is 35.6 Å².